The van der Waals surface area contributed by atoms with Gasteiger partial charge in [0.2, 0.25) is 5.95 Å². The summed E-state index contributed by atoms with van der Waals surface area (Å²) in [7, 11) is 1.69. The van der Waals surface area contributed by atoms with Crippen molar-refractivity contribution in [2.24, 2.45) is 0 Å². The van der Waals surface area contributed by atoms with Gasteiger partial charge in [0.05, 0.1) is 0 Å². The number of nitrogens with zero attached hydrogens (tertiary/aromatic N) is 5. The Morgan fingerprint density at radius 1 is 1.09 bits per heavy atom. The fraction of sp³-hybridized carbons (Fsp3) is 0.133. The van der Waals surface area contributed by atoms with Crippen LogP contribution in [0.15, 0.2) is 55.0 Å². The molecule has 1 aromatic carbocycles. The molecule has 2 aromatic heterocycles. The number of hydrogen-bond acceptors (Lipinski definition) is 4. The number of alkyl halides is 3. The third-order valence-corrected chi connectivity index (χ3v) is 3.23. The van der Waals surface area contributed by atoms with Crippen LogP contribution in [0.25, 0.3) is 5.82 Å². The van der Waals surface area contributed by atoms with Crippen LogP contribution < -0.4 is 4.90 Å². The van der Waals surface area contributed by atoms with Gasteiger partial charge in [-0.1, -0.05) is 18.2 Å². The molecule has 0 fully saturated rings. The summed E-state index contributed by atoms with van der Waals surface area (Å²) in [6.07, 6.45) is -0.989. The Kier molecular flexibility index (Phi) is 3.73. The predicted octanol–water partition coefficient (Wildman–Crippen LogP) is 3.45. The summed E-state index contributed by atoms with van der Waals surface area (Å²) in [5, 5.41) is 3.84. The number of hydrogen-bond donors (Lipinski definition) is 0. The molecular weight excluding hydrogens is 307 g/mol. The lowest BCUT2D eigenvalue weighted by atomic mass is 10.3. The number of anilines is 2. The molecule has 0 spiro atoms. The average Bonchev–Trinajstić information content (AvgIpc) is 3.08. The van der Waals surface area contributed by atoms with Gasteiger partial charge in [0, 0.05) is 31.3 Å². The Morgan fingerprint density at radius 2 is 1.83 bits per heavy atom. The third-order valence-electron chi connectivity index (χ3n) is 3.23. The van der Waals surface area contributed by atoms with E-state index < -0.39 is 11.7 Å². The molecule has 0 aliphatic rings. The minimum absolute atomic E-state index is 0.148. The van der Waals surface area contributed by atoms with Crippen LogP contribution in [-0.4, -0.2) is 26.8 Å². The molecule has 8 heteroatoms. The third kappa shape index (κ3) is 3.01. The van der Waals surface area contributed by atoms with Gasteiger partial charge in [-0.15, -0.1) is 0 Å². The lowest BCUT2D eigenvalue weighted by molar-refractivity contribution is -0.138. The summed E-state index contributed by atoms with van der Waals surface area (Å²) in [6, 6.07) is 10.7. The van der Waals surface area contributed by atoms with E-state index in [2.05, 4.69) is 15.1 Å². The summed E-state index contributed by atoms with van der Waals surface area (Å²) >= 11 is 0. The Balaban J connectivity index is 2.09. The molecule has 0 N–H and O–H groups in total. The standard InChI is InChI=1S/C15H12F3N5/c1-22(11-6-3-2-4-7-11)14-19-10-12(15(16,17)18)13(21-14)23-9-5-8-20-23/h2-10H,1H3. The topological polar surface area (TPSA) is 46.8 Å². The first-order valence-electron chi connectivity index (χ1n) is 6.70. The number of benzene rings is 1. The van der Waals surface area contributed by atoms with E-state index >= 15 is 0 Å². The fourth-order valence-corrected chi connectivity index (χ4v) is 2.06. The fourth-order valence-electron chi connectivity index (χ4n) is 2.06. The van der Waals surface area contributed by atoms with E-state index in [0.717, 1.165) is 16.6 Å². The largest absolute Gasteiger partial charge is 0.421 e. The van der Waals surface area contributed by atoms with Crippen LogP contribution in [0.1, 0.15) is 5.56 Å². The van der Waals surface area contributed by atoms with E-state index in [1.165, 1.54) is 18.5 Å². The molecule has 3 aromatic rings. The second kappa shape index (κ2) is 5.71. The van der Waals surface area contributed by atoms with Crippen LogP contribution in [0, 0.1) is 0 Å². The van der Waals surface area contributed by atoms with Crippen LogP contribution in [0.3, 0.4) is 0 Å². The first-order valence-corrected chi connectivity index (χ1v) is 6.70. The molecule has 0 aliphatic carbocycles. The molecule has 0 saturated carbocycles. The van der Waals surface area contributed by atoms with Crippen LogP contribution in [0.5, 0.6) is 0 Å². The van der Waals surface area contributed by atoms with Gasteiger partial charge in [0.1, 0.15) is 5.56 Å². The molecule has 0 saturated heterocycles. The van der Waals surface area contributed by atoms with Crippen molar-refractivity contribution >= 4 is 11.6 Å². The van der Waals surface area contributed by atoms with E-state index in [1.807, 2.05) is 30.3 Å². The van der Waals surface area contributed by atoms with E-state index in [9.17, 15) is 13.2 Å². The van der Waals surface area contributed by atoms with E-state index in [1.54, 1.807) is 11.9 Å². The van der Waals surface area contributed by atoms with E-state index in [-0.39, 0.29) is 11.8 Å². The zero-order chi connectivity index (χ0) is 16.4. The van der Waals surface area contributed by atoms with Gasteiger partial charge in [-0.05, 0) is 18.2 Å². The smallest absolute Gasteiger partial charge is 0.314 e. The molecular formula is C15H12F3N5. The van der Waals surface area contributed by atoms with E-state index in [0.29, 0.717) is 0 Å². The maximum atomic E-state index is 13.2. The molecule has 0 unspecified atom stereocenters. The average molecular weight is 319 g/mol. The second-order valence-electron chi connectivity index (χ2n) is 4.75. The lowest BCUT2D eigenvalue weighted by Crippen LogP contribution is -2.19. The van der Waals surface area contributed by atoms with E-state index in [4.69, 9.17) is 0 Å². The van der Waals surface area contributed by atoms with Gasteiger partial charge in [-0.2, -0.15) is 23.3 Å². The summed E-state index contributed by atoms with van der Waals surface area (Å²) in [5.41, 5.74) is -0.176. The molecule has 3 rings (SSSR count). The maximum Gasteiger partial charge on any atom is 0.421 e. The van der Waals surface area contributed by atoms with Crippen LogP contribution in [0.2, 0.25) is 0 Å². The Bertz CT molecular complexity index is 785. The lowest BCUT2D eigenvalue weighted by Gasteiger charge is -2.19. The van der Waals surface area contributed by atoms with Gasteiger partial charge >= 0.3 is 6.18 Å². The van der Waals surface area contributed by atoms with Gasteiger partial charge < -0.3 is 4.90 Å². The highest BCUT2D eigenvalue weighted by Crippen LogP contribution is 2.33. The van der Waals surface area contributed by atoms with Crippen molar-refractivity contribution in [2.75, 3.05) is 11.9 Å². The number of para-hydroxylation sites is 1. The predicted molar refractivity (Wildman–Crippen MR) is 78.7 cm³/mol. The monoisotopic (exact) mass is 319 g/mol. The van der Waals surface area contributed by atoms with Gasteiger partial charge in [-0.3, -0.25) is 0 Å². The first kappa shape index (κ1) is 15.0. The van der Waals surface area contributed by atoms with Crippen molar-refractivity contribution in [3.05, 3.63) is 60.6 Å². The number of halogens is 3. The minimum Gasteiger partial charge on any atom is -0.314 e. The number of rotatable bonds is 3. The van der Waals surface area contributed by atoms with Crippen molar-refractivity contribution < 1.29 is 13.2 Å². The molecule has 0 aliphatic heterocycles. The summed E-state index contributed by atoms with van der Waals surface area (Å²) in [6.45, 7) is 0. The Labute approximate surface area is 130 Å². The molecule has 0 radical (unpaired) electrons. The Morgan fingerprint density at radius 3 is 2.43 bits per heavy atom. The number of aromatic nitrogens is 4. The second-order valence-corrected chi connectivity index (χ2v) is 4.75. The molecule has 118 valence electrons. The van der Waals surface area contributed by atoms with Crippen molar-refractivity contribution in [2.45, 2.75) is 6.18 Å². The molecule has 0 bridgehead atoms. The molecule has 23 heavy (non-hydrogen) atoms. The highest BCUT2D eigenvalue weighted by molar-refractivity contribution is 5.57. The zero-order valence-electron chi connectivity index (χ0n) is 12.1. The van der Waals surface area contributed by atoms with Crippen LogP contribution in [-0.2, 0) is 6.18 Å². The molecule has 0 amide bonds. The highest BCUT2D eigenvalue weighted by Gasteiger charge is 2.36. The van der Waals surface area contributed by atoms with Crippen molar-refractivity contribution in [1.29, 1.82) is 0 Å². The molecule has 5 nitrogen and oxygen atoms in total. The first-order chi connectivity index (χ1) is 11.0. The zero-order valence-corrected chi connectivity index (χ0v) is 12.1. The Hall–Kier alpha value is -2.90. The maximum absolute atomic E-state index is 13.2. The van der Waals surface area contributed by atoms with Crippen molar-refractivity contribution in [1.82, 2.24) is 19.7 Å². The normalized spacial score (nSPS) is 11.5. The molecule has 0 atom stereocenters. The van der Waals surface area contributed by atoms with Crippen LogP contribution in [0.4, 0.5) is 24.8 Å². The van der Waals surface area contributed by atoms with Gasteiger partial charge in [0.25, 0.3) is 0 Å². The van der Waals surface area contributed by atoms with Crippen LogP contribution >= 0.6 is 0 Å². The minimum atomic E-state index is -4.56. The molecule has 2 heterocycles. The van der Waals surface area contributed by atoms with Crippen molar-refractivity contribution in [3.63, 3.8) is 0 Å². The summed E-state index contributed by atoms with van der Waals surface area (Å²) in [5.74, 6) is -0.162. The van der Waals surface area contributed by atoms with Gasteiger partial charge in [0.15, 0.2) is 5.82 Å². The van der Waals surface area contributed by atoms with Gasteiger partial charge in [-0.25, -0.2) is 9.67 Å². The summed E-state index contributed by atoms with van der Waals surface area (Å²) < 4.78 is 40.6. The SMILES string of the molecule is CN(c1ccccc1)c1ncc(C(F)(F)F)c(-n2cccn2)n1. The summed E-state index contributed by atoms with van der Waals surface area (Å²) in [4.78, 5) is 9.50. The highest BCUT2D eigenvalue weighted by atomic mass is 19.4. The quantitative estimate of drug-likeness (QED) is 0.742. The van der Waals surface area contributed by atoms with Crippen molar-refractivity contribution in [3.8, 4) is 5.82 Å².